The third-order valence-electron chi connectivity index (χ3n) is 3.96. The number of methoxy groups -OCH3 is 1. The molecule has 0 aliphatic carbocycles. The normalized spacial score (nSPS) is 15.2. The summed E-state index contributed by atoms with van der Waals surface area (Å²) >= 11 is 6.44. The standard InChI is InChI=1S/C19H16N2O5S2/c1-26-15-8-11(6-7-14(15)22)9-16-17(23)21(19(27)28-16)10-20-13-5-3-2-4-12(13)18(24)25/h2-9,20,22H,10H2,1H3,(H,24,25)/b16-9-. The van der Waals surface area contributed by atoms with E-state index in [1.54, 1.807) is 36.4 Å². The summed E-state index contributed by atoms with van der Waals surface area (Å²) in [6.07, 6.45) is 1.66. The number of nitrogens with one attached hydrogen (secondary N) is 1. The minimum Gasteiger partial charge on any atom is -0.504 e. The van der Waals surface area contributed by atoms with Crippen molar-refractivity contribution in [2.24, 2.45) is 0 Å². The number of carbonyl (C=O) groups excluding carboxylic acids is 1. The van der Waals surface area contributed by atoms with Crippen LogP contribution in [0.3, 0.4) is 0 Å². The number of ether oxygens (including phenoxy) is 1. The van der Waals surface area contributed by atoms with Crippen molar-refractivity contribution in [3.05, 3.63) is 58.5 Å². The van der Waals surface area contributed by atoms with Gasteiger partial charge in [-0.2, -0.15) is 0 Å². The molecule has 3 N–H and O–H groups in total. The molecule has 1 saturated heterocycles. The van der Waals surface area contributed by atoms with Gasteiger partial charge in [0.05, 0.1) is 29.9 Å². The monoisotopic (exact) mass is 416 g/mol. The summed E-state index contributed by atoms with van der Waals surface area (Å²) in [6.45, 7) is 0.0468. The highest BCUT2D eigenvalue weighted by Crippen LogP contribution is 2.34. The molecule has 3 rings (SSSR count). The molecular weight excluding hydrogens is 400 g/mol. The molecule has 0 atom stereocenters. The molecule has 0 unspecified atom stereocenters. The van der Waals surface area contributed by atoms with Gasteiger partial charge in [0.1, 0.15) is 4.32 Å². The first-order valence-corrected chi connectivity index (χ1v) is 9.31. The zero-order valence-corrected chi connectivity index (χ0v) is 16.3. The van der Waals surface area contributed by atoms with E-state index >= 15 is 0 Å². The number of aromatic carboxylic acids is 1. The molecule has 9 heteroatoms. The highest BCUT2D eigenvalue weighted by Gasteiger charge is 2.32. The van der Waals surface area contributed by atoms with Gasteiger partial charge in [-0.1, -0.05) is 42.2 Å². The molecule has 0 bridgehead atoms. The molecule has 1 aliphatic heterocycles. The van der Waals surface area contributed by atoms with Crippen LogP contribution in [0.2, 0.25) is 0 Å². The lowest BCUT2D eigenvalue weighted by Crippen LogP contribution is -2.33. The minimum absolute atomic E-state index is 0.00787. The molecule has 2 aromatic carbocycles. The average molecular weight is 416 g/mol. The van der Waals surface area contributed by atoms with Crippen molar-refractivity contribution in [1.29, 1.82) is 0 Å². The summed E-state index contributed by atoms with van der Waals surface area (Å²) in [5, 5.41) is 21.9. The van der Waals surface area contributed by atoms with Gasteiger partial charge in [-0.25, -0.2) is 4.79 Å². The zero-order chi connectivity index (χ0) is 20.3. The Hall–Kier alpha value is -3.04. The fourth-order valence-electron chi connectivity index (χ4n) is 2.56. The van der Waals surface area contributed by atoms with E-state index in [0.717, 1.165) is 11.8 Å². The number of aromatic hydroxyl groups is 1. The second-order valence-electron chi connectivity index (χ2n) is 5.73. The van der Waals surface area contributed by atoms with E-state index in [1.807, 2.05) is 0 Å². The van der Waals surface area contributed by atoms with Gasteiger partial charge < -0.3 is 20.3 Å². The molecular formula is C19H16N2O5S2. The number of carboxylic acids is 1. The number of carbonyl (C=O) groups is 2. The Kier molecular flexibility index (Phi) is 5.86. The number of nitrogens with zero attached hydrogens (tertiary/aromatic N) is 1. The molecule has 1 fully saturated rings. The van der Waals surface area contributed by atoms with Crippen LogP contribution in [-0.2, 0) is 4.79 Å². The number of thioether (sulfide) groups is 1. The molecule has 28 heavy (non-hydrogen) atoms. The molecule has 1 aliphatic rings. The number of phenols is 1. The molecule has 144 valence electrons. The smallest absolute Gasteiger partial charge is 0.337 e. The van der Waals surface area contributed by atoms with E-state index in [9.17, 15) is 19.8 Å². The summed E-state index contributed by atoms with van der Waals surface area (Å²) in [5.74, 6) is -1.04. The number of para-hydroxylation sites is 1. The summed E-state index contributed by atoms with van der Waals surface area (Å²) < 4.78 is 5.44. The van der Waals surface area contributed by atoms with Gasteiger partial charge in [0.2, 0.25) is 0 Å². The minimum atomic E-state index is -1.06. The number of rotatable bonds is 6. The van der Waals surface area contributed by atoms with Crippen LogP contribution in [0.4, 0.5) is 5.69 Å². The molecule has 0 saturated carbocycles. The summed E-state index contributed by atoms with van der Waals surface area (Å²) in [5.41, 5.74) is 1.19. The van der Waals surface area contributed by atoms with Crippen LogP contribution in [-0.4, -0.2) is 45.1 Å². The van der Waals surface area contributed by atoms with E-state index < -0.39 is 5.97 Å². The van der Waals surface area contributed by atoms with E-state index in [-0.39, 0.29) is 23.9 Å². The van der Waals surface area contributed by atoms with Gasteiger partial charge in [0.15, 0.2) is 11.5 Å². The average Bonchev–Trinajstić information content (AvgIpc) is 2.94. The molecule has 1 amide bonds. The van der Waals surface area contributed by atoms with Crippen LogP contribution >= 0.6 is 24.0 Å². The van der Waals surface area contributed by atoms with Gasteiger partial charge in [-0.05, 0) is 35.9 Å². The number of phenolic OH excluding ortho intramolecular Hbond substituents is 1. The first-order chi connectivity index (χ1) is 13.4. The highest BCUT2D eigenvalue weighted by atomic mass is 32.2. The van der Waals surface area contributed by atoms with Gasteiger partial charge in [0.25, 0.3) is 5.91 Å². The molecule has 7 nitrogen and oxygen atoms in total. The van der Waals surface area contributed by atoms with Crippen molar-refractivity contribution in [2.45, 2.75) is 0 Å². The van der Waals surface area contributed by atoms with Crippen molar-refractivity contribution in [3.63, 3.8) is 0 Å². The molecule has 0 radical (unpaired) electrons. The maximum absolute atomic E-state index is 12.7. The van der Waals surface area contributed by atoms with Crippen molar-refractivity contribution in [3.8, 4) is 11.5 Å². The Bertz CT molecular complexity index is 990. The van der Waals surface area contributed by atoms with Crippen molar-refractivity contribution in [1.82, 2.24) is 4.90 Å². The molecule has 2 aromatic rings. The van der Waals surface area contributed by atoms with Gasteiger partial charge in [-0.15, -0.1) is 0 Å². The number of thiocarbonyl (C=S) groups is 1. The van der Waals surface area contributed by atoms with Crippen molar-refractivity contribution in [2.75, 3.05) is 19.1 Å². The molecule has 1 heterocycles. The predicted molar refractivity (Wildman–Crippen MR) is 112 cm³/mol. The molecule has 0 spiro atoms. The highest BCUT2D eigenvalue weighted by molar-refractivity contribution is 8.26. The van der Waals surface area contributed by atoms with Crippen LogP contribution in [0.15, 0.2) is 47.4 Å². The number of hydrogen-bond acceptors (Lipinski definition) is 7. The Labute approximate surface area is 170 Å². The SMILES string of the molecule is COc1cc(/C=C2\SC(=S)N(CNc3ccccc3C(=O)O)C2=O)ccc1O. The maximum Gasteiger partial charge on any atom is 0.337 e. The second kappa shape index (κ2) is 8.32. The van der Waals surface area contributed by atoms with Crippen molar-refractivity contribution < 1.29 is 24.5 Å². The Morgan fingerprint density at radius 1 is 1.32 bits per heavy atom. The van der Waals surface area contributed by atoms with Crippen LogP contribution in [0.5, 0.6) is 11.5 Å². The van der Waals surface area contributed by atoms with E-state index in [1.165, 1.54) is 24.1 Å². The van der Waals surface area contributed by atoms with Crippen LogP contribution in [0.25, 0.3) is 6.08 Å². The summed E-state index contributed by atoms with van der Waals surface area (Å²) in [7, 11) is 1.44. The van der Waals surface area contributed by atoms with E-state index in [4.69, 9.17) is 17.0 Å². The molecule has 0 aromatic heterocycles. The lowest BCUT2D eigenvalue weighted by molar-refractivity contribution is -0.121. The Morgan fingerprint density at radius 2 is 2.07 bits per heavy atom. The topological polar surface area (TPSA) is 99.1 Å². The van der Waals surface area contributed by atoms with Gasteiger partial charge >= 0.3 is 5.97 Å². The fourth-order valence-corrected chi connectivity index (χ4v) is 3.81. The Balaban J connectivity index is 1.76. The van der Waals surface area contributed by atoms with E-state index in [2.05, 4.69) is 5.32 Å². The third kappa shape index (κ3) is 4.10. The largest absolute Gasteiger partial charge is 0.504 e. The third-order valence-corrected chi connectivity index (χ3v) is 5.34. The number of benzene rings is 2. The lowest BCUT2D eigenvalue weighted by atomic mass is 10.2. The van der Waals surface area contributed by atoms with Crippen LogP contribution in [0.1, 0.15) is 15.9 Å². The second-order valence-corrected chi connectivity index (χ2v) is 7.40. The first-order valence-electron chi connectivity index (χ1n) is 8.09. The van der Waals surface area contributed by atoms with Crippen LogP contribution < -0.4 is 10.1 Å². The lowest BCUT2D eigenvalue weighted by Gasteiger charge is -2.17. The zero-order valence-electron chi connectivity index (χ0n) is 14.7. The quantitative estimate of drug-likeness (QED) is 0.487. The number of amides is 1. The number of anilines is 1. The Morgan fingerprint density at radius 3 is 2.79 bits per heavy atom. The number of carboxylic acid groups (broad SMARTS) is 1. The van der Waals surface area contributed by atoms with Gasteiger partial charge in [-0.3, -0.25) is 9.69 Å². The maximum atomic E-state index is 12.7. The fraction of sp³-hybridized carbons (Fsp3) is 0.105. The van der Waals surface area contributed by atoms with Crippen molar-refractivity contribution >= 4 is 51.9 Å². The summed E-state index contributed by atoms with van der Waals surface area (Å²) in [4.78, 5) is 25.8. The van der Waals surface area contributed by atoms with Crippen LogP contribution in [0, 0.1) is 0 Å². The van der Waals surface area contributed by atoms with E-state index in [0.29, 0.717) is 26.2 Å². The summed E-state index contributed by atoms with van der Waals surface area (Å²) in [6, 6.07) is 11.2. The first kappa shape index (κ1) is 19.7. The number of hydrogen-bond donors (Lipinski definition) is 3. The predicted octanol–water partition coefficient (Wildman–Crippen LogP) is 3.37. The van der Waals surface area contributed by atoms with Gasteiger partial charge in [0, 0.05) is 0 Å².